The minimum absolute atomic E-state index is 0.00671. The third kappa shape index (κ3) is 2.79. The highest BCUT2D eigenvalue weighted by atomic mass is 127. The number of hydrogen-bond donors (Lipinski definition) is 0. The van der Waals surface area contributed by atoms with Gasteiger partial charge in [0, 0.05) is 6.20 Å². The Morgan fingerprint density at radius 1 is 1.69 bits per heavy atom. The Bertz CT molecular complexity index is 415. The van der Waals surface area contributed by atoms with Crippen LogP contribution < -0.4 is 0 Å². The summed E-state index contributed by atoms with van der Waals surface area (Å²) in [4.78, 5) is 15.0. The van der Waals surface area contributed by atoms with Crippen molar-refractivity contribution in [3.05, 3.63) is 26.0 Å². The van der Waals surface area contributed by atoms with E-state index in [1.165, 1.54) is 0 Å². The standard InChI is InChI=1S/C9H7ClF2INO2/c1-2-16-9(15)5-4(10)3-14-7(6(5)13)8(11)12/h3,8H,2H2,1H3. The molecule has 1 aromatic rings. The average molecular weight is 362 g/mol. The molecule has 0 saturated carbocycles. The molecule has 0 amide bonds. The van der Waals surface area contributed by atoms with Crippen molar-refractivity contribution >= 4 is 40.2 Å². The molecule has 0 aliphatic carbocycles. The third-order valence-electron chi connectivity index (χ3n) is 1.69. The van der Waals surface area contributed by atoms with E-state index in [1.807, 2.05) is 0 Å². The number of nitrogens with zero attached hydrogens (tertiary/aromatic N) is 1. The molecular formula is C9H7ClF2INO2. The molecule has 1 heterocycles. The van der Waals surface area contributed by atoms with Gasteiger partial charge in [0.2, 0.25) is 0 Å². The Labute approximate surface area is 109 Å². The van der Waals surface area contributed by atoms with Gasteiger partial charge >= 0.3 is 5.97 Å². The van der Waals surface area contributed by atoms with Gasteiger partial charge in [0.1, 0.15) is 5.69 Å². The number of aromatic nitrogens is 1. The van der Waals surface area contributed by atoms with Crippen LogP contribution in [0.2, 0.25) is 5.02 Å². The summed E-state index contributed by atoms with van der Waals surface area (Å²) in [5.41, 5.74) is -0.525. The Balaban J connectivity index is 3.26. The fourth-order valence-corrected chi connectivity index (χ4v) is 2.29. The smallest absolute Gasteiger partial charge is 0.340 e. The van der Waals surface area contributed by atoms with E-state index in [2.05, 4.69) is 4.98 Å². The molecular weight excluding hydrogens is 354 g/mol. The van der Waals surface area contributed by atoms with Gasteiger partial charge in [0.05, 0.1) is 20.8 Å². The van der Waals surface area contributed by atoms with E-state index in [4.69, 9.17) is 16.3 Å². The lowest BCUT2D eigenvalue weighted by Crippen LogP contribution is -2.10. The fourth-order valence-electron chi connectivity index (χ4n) is 1.02. The van der Waals surface area contributed by atoms with Gasteiger partial charge in [0.15, 0.2) is 0 Å². The minimum Gasteiger partial charge on any atom is -0.462 e. The van der Waals surface area contributed by atoms with E-state index >= 15 is 0 Å². The topological polar surface area (TPSA) is 39.2 Å². The van der Waals surface area contributed by atoms with Crippen LogP contribution in [-0.2, 0) is 4.74 Å². The van der Waals surface area contributed by atoms with Gasteiger partial charge < -0.3 is 4.74 Å². The molecule has 88 valence electrons. The van der Waals surface area contributed by atoms with Crippen molar-refractivity contribution in [3.8, 4) is 0 Å². The number of alkyl halides is 2. The van der Waals surface area contributed by atoms with Crippen LogP contribution >= 0.6 is 34.2 Å². The number of hydrogen-bond acceptors (Lipinski definition) is 3. The van der Waals surface area contributed by atoms with Crippen LogP contribution in [0.5, 0.6) is 0 Å². The van der Waals surface area contributed by atoms with Gasteiger partial charge in [-0.15, -0.1) is 0 Å². The van der Waals surface area contributed by atoms with Crippen LogP contribution in [0.25, 0.3) is 0 Å². The molecule has 1 aromatic heterocycles. The quantitative estimate of drug-likeness (QED) is 0.611. The number of carbonyl (C=O) groups is 1. The monoisotopic (exact) mass is 361 g/mol. The van der Waals surface area contributed by atoms with E-state index in [0.717, 1.165) is 6.20 Å². The van der Waals surface area contributed by atoms with Crippen LogP contribution in [-0.4, -0.2) is 17.6 Å². The first-order chi connectivity index (χ1) is 7.49. The summed E-state index contributed by atoms with van der Waals surface area (Å²) in [6, 6.07) is 0. The maximum atomic E-state index is 12.5. The Morgan fingerprint density at radius 3 is 2.81 bits per heavy atom. The lowest BCUT2D eigenvalue weighted by Gasteiger charge is -2.09. The molecule has 0 atom stereocenters. The Hall–Kier alpha value is -0.500. The van der Waals surface area contributed by atoms with Crippen molar-refractivity contribution < 1.29 is 18.3 Å². The van der Waals surface area contributed by atoms with Gasteiger partial charge in [-0.3, -0.25) is 4.98 Å². The molecule has 0 aliphatic rings. The number of esters is 1. The van der Waals surface area contributed by atoms with Crippen LogP contribution in [0, 0.1) is 3.57 Å². The second-order valence-electron chi connectivity index (χ2n) is 2.70. The van der Waals surface area contributed by atoms with Crippen molar-refractivity contribution in [2.24, 2.45) is 0 Å². The lowest BCUT2D eigenvalue weighted by atomic mass is 10.2. The highest BCUT2D eigenvalue weighted by Crippen LogP contribution is 2.29. The summed E-state index contributed by atoms with van der Waals surface area (Å²) in [6.07, 6.45) is -1.73. The van der Waals surface area contributed by atoms with Gasteiger partial charge in [-0.05, 0) is 29.5 Å². The van der Waals surface area contributed by atoms with Crippen LogP contribution in [0.15, 0.2) is 6.20 Å². The molecule has 7 heteroatoms. The first kappa shape index (κ1) is 13.6. The lowest BCUT2D eigenvalue weighted by molar-refractivity contribution is 0.0524. The predicted octanol–water partition coefficient (Wildman–Crippen LogP) is 3.45. The minimum atomic E-state index is -2.75. The van der Waals surface area contributed by atoms with E-state index in [9.17, 15) is 13.6 Å². The summed E-state index contributed by atoms with van der Waals surface area (Å²) < 4.78 is 29.8. The highest BCUT2D eigenvalue weighted by Gasteiger charge is 2.23. The summed E-state index contributed by atoms with van der Waals surface area (Å²) in [5.74, 6) is -0.721. The molecule has 0 N–H and O–H groups in total. The molecule has 0 saturated heterocycles. The average Bonchev–Trinajstić information content (AvgIpc) is 2.17. The molecule has 1 rings (SSSR count). The fraction of sp³-hybridized carbons (Fsp3) is 0.333. The van der Waals surface area contributed by atoms with E-state index in [0.29, 0.717) is 0 Å². The highest BCUT2D eigenvalue weighted by molar-refractivity contribution is 14.1. The van der Waals surface area contributed by atoms with Gasteiger partial charge in [-0.2, -0.15) is 0 Å². The maximum absolute atomic E-state index is 12.5. The van der Waals surface area contributed by atoms with Crippen molar-refractivity contribution in [1.82, 2.24) is 4.98 Å². The van der Waals surface area contributed by atoms with Gasteiger partial charge in [-0.25, -0.2) is 13.6 Å². The summed E-state index contributed by atoms with van der Waals surface area (Å²) in [5, 5.41) is 0.00671. The SMILES string of the molecule is CCOC(=O)c1c(Cl)cnc(C(F)F)c1I. The zero-order chi connectivity index (χ0) is 12.3. The van der Waals surface area contributed by atoms with E-state index in [1.54, 1.807) is 29.5 Å². The molecule has 0 radical (unpaired) electrons. The largest absolute Gasteiger partial charge is 0.462 e. The second kappa shape index (κ2) is 5.72. The Morgan fingerprint density at radius 2 is 2.31 bits per heavy atom. The first-order valence-corrected chi connectivity index (χ1v) is 5.73. The maximum Gasteiger partial charge on any atom is 0.340 e. The molecule has 0 bridgehead atoms. The Kier molecular flexibility index (Phi) is 4.85. The molecule has 0 aromatic carbocycles. The summed E-state index contributed by atoms with van der Waals surface area (Å²) in [7, 11) is 0. The summed E-state index contributed by atoms with van der Waals surface area (Å²) >= 11 is 7.33. The van der Waals surface area contributed by atoms with Gasteiger partial charge in [-0.1, -0.05) is 11.6 Å². The van der Waals surface area contributed by atoms with Crippen molar-refractivity contribution in [2.45, 2.75) is 13.3 Å². The molecule has 0 spiro atoms. The van der Waals surface area contributed by atoms with Crippen LogP contribution in [0.4, 0.5) is 8.78 Å². The van der Waals surface area contributed by atoms with Crippen molar-refractivity contribution in [2.75, 3.05) is 6.61 Å². The normalized spacial score (nSPS) is 10.6. The number of ether oxygens (including phenoxy) is 1. The number of carbonyl (C=O) groups excluding carboxylic acids is 1. The number of rotatable bonds is 3. The molecule has 3 nitrogen and oxygen atoms in total. The van der Waals surface area contributed by atoms with E-state index < -0.39 is 18.1 Å². The van der Waals surface area contributed by atoms with Gasteiger partial charge in [0.25, 0.3) is 6.43 Å². The third-order valence-corrected chi connectivity index (χ3v) is 3.07. The summed E-state index contributed by atoms with van der Waals surface area (Å²) in [6.45, 7) is 1.77. The van der Waals surface area contributed by atoms with E-state index in [-0.39, 0.29) is 20.8 Å². The second-order valence-corrected chi connectivity index (χ2v) is 4.19. The predicted molar refractivity (Wildman–Crippen MR) is 62.9 cm³/mol. The molecule has 0 fully saturated rings. The van der Waals surface area contributed by atoms with Crippen molar-refractivity contribution in [1.29, 1.82) is 0 Å². The first-order valence-electron chi connectivity index (χ1n) is 4.28. The van der Waals surface area contributed by atoms with Crippen molar-refractivity contribution in [3.63, 3.8) is 0 Å². The number of halogens is 4. The zero-order valence-electron chi connectivity index (χ0n) is 8.14. The van der Waals surface area contributed by atoms with Crippen LogP contribution in [0.1, 0.15) is 29.4 Å². The zero-order valence-corrected chi connectivity index (χ0v) is 11.1. The molecule has 0 aliphatic heterocycles. The number of pyridine rings is 1. The molecule has 16 heavy (non-hydrogen) atoms. The molecule has 0 unspecified atom stereocenters. The van der Waals surface area contributed by atoms with Crippen LogP contribution in [0.3, 0.4) is 0 Å².